The molecular weight excluding hydrogens is 312 g/mol. The largest absolute Gasteiger partial charge is 0.487 e. The first-order chi connectivity index (χ1) is 12.1. The molecule has 3 aliphatic rings. The van der Waals surface area contributed by atoms with Crippen molar-refractivity contribution in [2.24, 2.45) is 5.92 Å². The van der Waals surface area contributed by atoms with Gasteiger partial charge in [0.2, 0.25) is 0 Å². The van der Waals surface area contributed by atoms with E-state index in [1.165, 1.54) is 30.4 Å². The Labute approximate surface area is 148 Å². The SMILES string of the molecule is C[C@H]1CCC[C@@]2(CCc3cc4c5c(c(=O)oc4cc3O2)CCCC5)C1. The van der Waals surface area contributed by atoms with Gasteiger partial charge >= 0.3 is 5.63 Å². The van der Waals surface area contributed by atoms with Gasteiger partial charge in [-0.3, -0.25) is 0 Å². The van der Waals surface area contributed by atoms with E-state index in [1.54, 1.807) is 0 Å². The summed E-state index contributed by atoms with van der Waals surface area (Å²) < 4.78 is 12.2. The lowest BCUT2D eigenvalue weighted by Gasteiger charge is -2.43. The first kappa shape index (κ1) is 15.5. The molecule has 1 spiro atoms. The predicted molar refractivity (Wildman–Crippen MR) is 98.4 cm³/mol. The van der Waals surface area contributed by atoms with Crippen LogP contribution in [-0.2, 0) is 19.3 Å². The predicted octanol–water partition coefficient (Wildman–Crippen LogP) is 4.95. The van der Waals surface area contributed by atoms with Crippen LogP contribution in [0.3, 0.4) is 0 Å². The zero-order valence-corrected chi connectivity index (χ0v) is 15.0. The Morgan fingerprint density at radius 1 is 1.04 bits per heavy atom. The lowest BCUT2D eigenvalue weighted by atomic mass is 9.74. The van der Waals surface area contributed by atoms with Crippen molar-refractivity contribution in [3.63, 3.8) is 0 Å². The van der Waals surface area contributed by atoms with Crippen LogP contribution in [0.25, 0.3) is 11.0 Å². The fourth-order valence-corrected chi connectivity index (χ4v) is 5.38. The van der Waals surface area contributed by atoms with E-state index in [1.807, 2.05) is 6.07 Å². The van der Waals surface area contributed by atoms with Crippen molar-refractivity contribution in [2.75, 3.05) is 0 Å². The lowest BCUT2D eigenvalue weighted by Crippen LogP contribution is -2.43. The lowest BCUT2D eigenvalue weighted by molar-refractivity contribution is -0.00579. The van der Waals surface area contributed by atoms with Gasteiger partial charge in [-0.05, 0) is 80.9 Å². The number of fused-ring (bicyclic) bond motifs is 4. The zero-order chi connectivity index (χ0) is 17.0. The third-order valence-electron chi connectivity index (χ3n) is 6.63. The summed E-state index contributed by atoms with van der Waals surface area (Å²) in [4.78, 5) is 12.4. The Hall–Kier alpha value is -1.77. The van der Waals surface area contributed by atoms with Crippen LogP contribution in [0.15, 0.2) is 21.3 Å². The Morgan fingerprint density at radius 2 is 1.88 bits per heavy atom. The molecular formula is C22H26O3. The van der Waals surface area contributed by atoms with Crippen LogP contribution in [0.1, 0.15) is 68.6 Å². The molecule has 1 aliphatic heterocycles. The summed E-state index contributed by atoms with van der Waals surface area (Å²) in [6.07, 6.45) is 11.2. The smallest absolute Gasteiger partial charge is 0.339 e. The highest BCUT2D eigenvalue weighted by Crippen LogP contribution is 2.45. The third kappa shape index (κ3) is 2.51. The zero-order valence-electron chi connectivity index (χ0n) is 15.0. The van der Waals surface area contributed by atoms with Crippen molar-refractivity contribution in [1.82, 2.24) is 0 Å². The van der Waals surface area contributed by atoms with Crippen LogP contribution in [-0.4, -0.2) is 5.60 Å². The molecule has 1 aromatic heterocycles. The molecule has 0 saturated heterocycles. The van der Waals surface area contributed by atoms with Crippen molar-refractivity contribution in [1.29, 1.82) is 0 Å². The number of hydrogen-bond acceptors (Lipinski definition) is 3. The molecule has 0 bridgehead atoms. The molecule has 0 N–H and O–H groups in total. The number of hydrogen-bond donors (Lipinski definition) is 0. The van der Waals surface area contributed by atoms with Crippen LogP contribution in [0, 0.1) is 5.92 Å². The third-order valence-corrected chi connectivity index (χ3v) is 6.63. The van der Waals surface area contributed by atoms with Gasteiger partial charge in [0.05, 0.1) is 0 Å². The van der Waals surface area contributed by atoms with Gasteiger partial charge in [-0.15, -0.1) is 0 Å². The molecule has 2 aliphatic carbocycles. The molecule has 3 nitrogen and oxygen atoms in total. The number of ether oxygens (including phenoxy) is 1. The van der Waals surface area contributed by atoms with Crippen LogP contribution in [0.4, 0.5) is 0 Å². The number of aryl methyl sites for hydroxylation is 2. The minimum Gasteiger partial charge on any atom is -0.487 e. The summed E-state index contributed by atoms with van der Waals surface area (Å²) in [5, 5.41) is 1.14. The maximum atomic E-state index is 12.4. The summed E-state index contributed by atoms with van der Waals surface area (Å²) in [5.74, 6) is 1.69. The molecule has 5 rings (SSSR count). The van der Waals surface area contributed by atoms with Crippen molar-refractivity contribution in [2.45, 2.75) is 76.7 Å². The van der Waals surface area contributed by atoms with E-state index in [0.717, 1.165) is 67.6 Å². The normalized spacial score (nSPS) is 28.4. The van der Waals surface area contributed by atoms with E-state index in [2.05, 4.69) is 13.0 Å². The first-order valence-corrected chi connectivity index (χ1v) is 9.94. The monoisotopic (exact) mass is 338 g/mol. The molecule has 2 heterocycles. The fraction of sp³-hybridized carbons (Fsp3) is 0.591. The molecule has 2 aromatic rings. The van der Waals surface area contributed by atoms with Gasteiger partial charge in [0.15, 0.2) is 0 Å². The summed E-state index contributed by atoms with van der Waals surface area (Å²) in [6.45, 7) is 2.34. The van der Waals surface area contributed by atoms with Crippen LogP contribution in [0.2, 0.25) is 0 Å². The minimum absolute atomic E-state index is 0.00679. The molecule has 1 aromatic carbocycles. The molecule has 1 saturated carbocycles. The second-order valence-corrected chi connectivity index (χ2v) is 8.50. The minimum atomic E-state index is -0.140. The van der Waals surface area contributed by atoms with Gasteiger partial charge in [0.1, 0.15) is 16.9 Å². The first-order valence-electron chi connectivity index (χ1n) is 9.94. The Bertz CT molecular complexity index is 894. The highest BCUT2D eigenvalue weighted by atomic mass is 16.5. The number of rotatable bonds is 0. The van der Waals surface area contributed by atoms with Crippen molar-refractivity contribution in [3.05, 3.63) is 39.2 Å². The van der Waals surface area contributed by atoms with Crippen LogP contribution in [0.5, 0.6) is 5.75 Å². The van der Waals surface area contributed by atoms with Crippen molar-refractivity contribution in [3.8, 4) is 5.75 Å². The van der Waals surface area contributed by atoms with E-state index >= 15 is 0 Å². The van der Waals surface area contributed by atoms with Crippen molar-refractivity contribution < 1.29 is 9.15 Å². The topological polar surface area (TPSA) is 39.4 Å². The van der Waals surface area contributed by atoms with Crippen LogP contribution < -0.4 is 10.4 Å². The average Bonchev–Trinajstić information content (AvgIpc) is 2.60. The van der Waals surface area contributed by atoms with E-state index in [0.29, 0.717) is 5.58 Å². The second kappa shape index (κ2) is 5.62. The summed E-state index contributed by atoms with van der Waals surface area (Å²) in [7, 11) is 0. The molecule has 1 fully saturated rings. The van der Waals surface area contributed by atoms with E-state index < -0.39 is 0 Å². The van der Waals surface area contributed by atoms with E-state index in [4.69, 9.17) is 9.15 Å². The van der Waals surface area contributed by atoms with Gasteiger partial charge in [-0.1, -0.05) is 13.3 Å². The summed E-state index contributed by atoms with van der Waals surface area (Å²) in [6, 6.07) is 4.25. The highest BCUT2D eigenvalue weighted by molar-refractivity contribution is 5.84. The molecule has 25 heavy (non-hydrogen) atoms. The van der Waals surface area contributed by atoms with Gasteiger partial charge in [0.25, 0.3) is 0 Å². The number of benzene rings is 1. The van der Waals surface area contributed by atoms with Gasteiger partial charge in [-0.25, -0.2) is 4.79 Å². The van der Waals surface area contributed by atoms with Gasteiger partial charge in [0, 0.05) is 17.0 Å². The Kier molecular flexibility index (Phi) is 3.48. The second-order valence-electron chi connectivity index (χ2n) is 8.50. The Balaban J connectivity index is 1.61. The average molecular weight is 338 g/mol. The molecule has 0 radical (unpaired) electrons. The standard InChI is InChI=1S/C22H26O3/c1-14-5-4-9-22(13-14)10-8-15-11-18-16-6-2-3-7-17(16)21(23)24-20(18)12-19(15)25-22/h11-12,14H,2-10,13H2,1H3/t14-,22+/m0/s1. The molecule has 2 atom stereocenters. The van der Waals surface area contributed by atoms with Crippen molar-refractivity contribution >= 4 is 11.0 Å². The quantitative estimate of drug-likeness (QED) is 0.638. The van der Waals surface area contributed by atoms with E-state index in [-0.39, 0.29) is 11.2 Å². The Morgan fingerprint density at radius 3 is 2.72 bits per heavy atom. The fourth-order valence-electron chi connectivity index (χ4n) is 5.38. The summed E-state index contributed by atoms with van der Waals surface area (Å²) in [5.41, 5.74) is 4.01. The summed E-state index contributed by atoms with van der Waals surface area (Å²) >= 11 is 0. The van der Waals surface area contributed by atoms with Gasteiger partial charge in [-0.2, -0.15) is 0 Å². The molecule has 0 unspecified atom stereocenters. The molecule has 0 amide bonds. The highest BCUT2D eigenvalue weighted by Gasteiger charge is 2.40. The maximum Gasteiger partial charge on any atom is 0.339 e. The maximum absolute atomic E-state index is 12.4. The molecule has 3 heteroatoms. The van der Waals surface area contributed by atoms with Crippen LogP contribution >= 0.6 is 0 Å². The molecule has 132 valence electrons. The van der Waals surface area contributed by atoms with Gasteiger partial charge < -0.3 is 9.15 Å². The van der Waals surface area contributed by atoms with E-state index in [9.17, 15) is 4.79 Å².